The molecule has 0 saturated heterocycles. The number of anilines is 2. The molecule has 0 fully saturated rings. The Hall–Kier alpha value is -1.82. The lowest BCUT2D eigenvalue weighted by Crippen LogP contribution is -2.28. The van der Waals surface area contributed by atoms with Gasteiger partial charge in [-0.2, -0.15) is 0 Å². The van der Waals surface area contributed by atoms with E-state index in [1.54, 1.807) is 0 Å². The van der Waals surface area contributed by atoms with E-state index in [0.717, 1.165) is 19.0 Å². The van der Waals surface area contributed by atoms with Gasteiger partial charge in [0.2, 0.25) is 0 Å². The topological polar surface area (TPSA) is 84.4 Å². The van der Waals surface area contributed by atoms with Crippen molar-refractivity contribution in [3.05, 3.63) is 23.5 Å². The molecular formula is C14H23FN4O. The van der Waals surface area contributed by atoms with Crippen LogP contribution in [-0.2, 0) is 0 Å². The number of hydrogen-bond acceptors (Lipinski definition) is 4. The van der Waals surface area contributed by atoms with Crippen LogP contribution in [-0.4, -0.2) is 37.0 Å². The first-order valence-electron chi connectivity index (χ1n) is 6.66. The second-order valence-corrected chi connectivity index (χ2v) is 5.14. The molecule has 0 aromatic heterocycles. The van der Waals surface area contributed by atoms with Crippen molar-refractivity contribution in [1.82, 2.24) is 4.90 Å². The Morgan fingerprint density at radius 1 is 1.45 bits per heavy atom. The van der Waals surface area contributed by atoms with Crippen LogP contribution in [0.3, 0.4) is 0 Å². The third kappa shape index (κ3) is 4.38. The van der Waals surface area contributed by atoms with Crippen LogP contribution in [0.25, 0.3) is 0 Å². The van der Waals surface area contributed by atoms with Crippen molar-refractivity contribution in [3.63, 3.8) is 0 Å². The molecule has 1 rings (SSSR count). The van der Waals surface area contributed by atoms with Crippen LogP contribution in [0.5, 0.6) is 0 Å². The second-order valence-electron chi connectivity index (χ2n) is 5.14. The highest BCUT2D eigenvalue weighted by Crippen LogP contribution is 2.21. The van der Waals surface area contributed by atoms with E-state index in [9.17, 15) is 9.18 Å². The molecule has 5 N–H and O–H groups in total. The van der Waals surface area contributed by atoms with E-state index in [-0.39, 0.29) is 16.9 Å². The van der Waals surface area contributed by atoms with Gasteiger partial charge in [0.1, 0.15) is 5.82 Å². The standard InChI is InChI=1S/C14H23FN4O/c1-9(2)19(3)6-4-5-18-13-7-10(14(17)20)12(16)8-11(13)15/h7-9,18H,4-6,16H2,1-3H3,(H2,17,20). The summed E-state index contributed by atoms with van der Waals surface area (Å²) in [5, 5.41) is 2.96. The summed E-state index contributed by atoms with van der Waals surface area (Å²) in [4.78, 5) is 13.4. The predicted octanol–water partition coefficient (Wildman–Crippen LogP) is 1.65. The van der Waals surface area contributed by atoms with Gasteiger partial charge in [-0.15, -0.1) is 0 Å². The minimum Gasteiger partial charge on any atom is -0.398 e. The lowest BCUT2D eigenvalue weighted by atomic mass is 10.1. The number of nitrogens with one attached hydrogen (secondary N) is 1. The molecule has 0 atom stereocenters. The molecule has 0 saturated carbocycles. The molecule has 0 radical (unpaired) electrons. The summed E-state index contributed by atoms with van der Waals surface area (Å²) in [5.74, 6) is -1.14. The minimum atomic E-state index is -0.662. The van der Waals surface area contributed by atoms with E-state index in [0.29, 0.717) is 12.6 Å². The van der Waals surface area contributed by atoms with Crippen LogP contribution in [0.1, 0.15) is 30.6 Å². The number of rotatable bonds is 7. The fourth-order valence-electron chi connectivity index (χ4n) is 1.75. The number of nitrogen functional groups attached to an aromatic ring is 1. The van der Waals surface area contributed by atoms with Crippen molar-refractivity contribution in [3.8, 4) is 0 Å². The first kappa shape index (κ1) is 16.2. The van der Waals surface area contributed by atoms with Crippen molar-refractivity contribution in [1.29, 1.82) is 0 Å². The number of nitrogens with two attached hydrogens (primary N) is 2. The molecule has 1 aromatic rings. The summed E-state index contributed by atoms with van der Waals surface area (Å²) in [6.07, 6.45) is 0.865. The van der Waals surface area contributed by atoms with Crippen molar-refractivity contribution in [2.45, 2.75) is 26.3 Å². The molecule has 5 nitrogen and oxygen atoms in total. The third-order valence-corrected chi connectivity index (χ3v) is 3.29. The zero-order chi connectivity index (χ0) is 15.3. The molecule has 112 valence electrons. The summed E-state index contributed by atoms with van der Waals surface area (Å²) in [6, 6.07) is 2.95. The Kier molecular flexibility index (Phi) is 5.76. The summed E-state index contributed by atoms with van der Waals surface area (Å²) < 4.78 is 13.7. The predicted molar refractivity (Wildman–Crippen MR) is 80.2 cm³/mol. The summed E-state index contributed by atoms with van der Waals surface area (Å²) in [7, 11) is 2.04. The van der Waals surface area contributed by atoms with Gasteiger partial charge in [-0.05, 0) is 46.0 Å². The Labute approximate surface area is 119 Å². The maximum absolute atomic E-state index is 13.7. The van der Waals surface area contributed by atoms with Crippen LogP contribution in [0.2, 0.25) is 0 Å². The van der Waals surface area contributed by atoms with Crippen LogP contribution in [0.4, 0.5) is 15.8 Å². The Balaban J connectivity index is 2.60. The van der Waals surface area contributed by atoms with E-state index in [2.05, 4.69) is 24.1 Å². The van der Waals surface area contributed by atoms with Crippen LogP contribution >= 0.6 is 0 Å². The minimum absolute atomic E-state index is 0.0556. The molecule has 0 unspecified atom stereocenters. The largest absolute Gasteiger partial charge is 0.398 e. The summed E-state index contributed by atoms with van der Waals surface area (Å²) in [6.45, 7) is 5.75. The SMILES string of the molecule is CC(C)N(C)CCCNc1cc(C(N)=O)c(N)cc1F. The van der Waals surface area contributed by atoms with Crippen molar-refractivity contribution in [2.75, 3.05) is 31.2 Å². The first-order valence-corrected chi connectivity index (χ1v) is 6.66. The number of carbonyl (C=O) groups excluding carboxylic acids is 1. The zero-order valence-electron chi connectivity index (χ0n) is 12.2. The van der Waals surface area contributed by atoms with Crippen LogP contribution < -0.4 is 16.8 Å². The number of nitrogens with zero attached hydrogens (tertiary/aromatic N) is 1. The molecule has 6 heteroatoms. The van der Waals surface area contributed by atoms with Crippen molar-refractivity contribution >= 4 is 17.3 Å². The maximum atomic E-state index is 13.7. The Morgan fingerprint density at radius 3 is 2.65 bits per heavy atom. The number of carbonyl (C=O) groups is 1. The number of benzene rings is 1. The monoisotopic (exact) mass is 282 g/mol. The number of halogens is 1. The normalized spacial score (nSPS) is 11.1. The molecule has 0 aliphatic rings. The number of hydrogen-bond donors (Lipinski definition) is 3. The molecular weight excluding hydrogens is 259 g/mol. The third-order valence-electron chi connectivity index (χ3n) is 3.29. The van der Waals surface area contributed by atoms with Crippen molar-refractivity contribution in [2.24, 2.45) is 5.73 Å². The highest BCUT2D eigenvalue weighted by Gasteiger charge is 2.11. The molecule has 0 heterocycles. The van der Waals surface area contributed by atoms with Gasteiger partial charge in [-0.1, -0.05) is 0 Å². The van der Waals surface area contributed by atoms with Gasteiger partial charge in [0, 0.05) is 18.3 Å². The Bertz CT molecular complexity index is 476. The molecule has 0 aliphatic heterocycles. The zero-order valence-corrected chi connectivity index (χ0v) is 12.2. The fraction of sp³-hybridized carbons (Fsp3) is 0.500. The Morgan fingerprint density at radius 2 is 2.10 bits per heavy atom. The van der Waals surface area contributed by atoms with E-state index in [1.165, 1.54) is 6.07 Å². The summed E-state index contributed by atoms with van der Waals surface area (Å²) >= 11 is 0. The molecule has 1 aromatic carbocycles. The van der Waals surface area contributed by atoms with Gasteiger partial charge in [0.15, 0.2) is 0 Å². The highest BCUT2D eigenvalue weighted by atomic mass is 19.1. The second kappa shape index (κ2) is 7.09. The van der Waals surface area contributed by atoms with Crippen LogP contribution in [0.15, 0.2) is 12.1 Å². The smallest absolute Gasteiger partial charge is 0.250 e. The number of primary amides is 1. The average molecular weight is 282 g/mol. The molecule has 20 heavy (non-hydrogen) atoms. The van der Waals surface area contributed by atoms with E-state index >= 15 is 0 Å². The van der Waals surface area contributed by atoms with Gasteiger partial charge >= 0.3 is 0 Å². The van der Waals surface area contributed by atoms with E-state index in [1.807, 2.05) is 7.05 Å². The van der Waals surface area contributed by atoms with Gasteiger partial charge in [0.25, 0.3) is 5.91 Å². The van der Waals surface area contributed by atoms with E-state index < -0.39 is 11.7 Å². The average Bonchev–Trinajstić information content (AvgIpc) is 2.35. The lowest BCUT2D eigenvalue weighted by Gasteiger charge is -2.21. The van der Waals surface area contributed by atoms with Crippen molar-refractivity contribution < 1.29 is 9.18 Å². The van der Waals surface area contributed by atoms with Crippen LogP contribution in [0, 0.1) is 5.82 Å². The molecule has 1 amide bonds. The number of amides is 1. The summed E-state index contributed by atoms with van der Waals surface area (Å²) in [5.41, 5.74) is 11.2. The lowest BCUT2D eigenvalue weighted by molar-refractivity contribution is 0.100. The fourth-order valence-corrected chi connectivity index (χ4v) is 1.75. The van der Waals surface area contributed by atoms with E-state index in [4.69, 9.17) is 11.5 Å². The van der Waals surface area contributed by atoms with Gasteiger partial charge in [-0.3, -0.25) is 4.79 Å². The van der Waals surface area contributed by atoms with Gasteiger partial charge in [-0.25, -0.2) is 4.39 Å². The quantitative estimate of drug-likeness (QED) is 0.524. The van der Waals surface area contributed by atoms with Gasteiger partial charge in [0.05, 0.1) is 11.3 Å². The molecule has 0 aliphatic carbocycles. The molecule has 0 spiro atoms. The first-order chi connectivity index (χ1) is 9.32. The maximum Gasteiger partial charge on any atom is 0.250 e. The molecule has 0 bridgehead atoms. The highest BCUT2D eigenvalue weighted by molar-refractivity contribution is 5.99. The van der Waals surface area contributed by atoms with Gasteiger partial charge < -0.3 is 21.7 Å².